The van der Waals surface area contributed by atoms with Gasteiger partial charge in [-0.05, 0) is 0 Å². The first kappa shape index (κ1) is 9.31. The fourth-order valence-electron chi connectivity index (χ4n) is 0.653. The number of hydrogen-bond acceptors (Lipinski definition) is 3. The molecule has 0 radical (unpaired) electrons. The second-order valence-electron chi connectivity index (χ2n) is 2.02. The van der Waals surface area contributed by atoms with Crippen molar-refractivity contribution in [1.29, 1.82) is 0 Å². The van der Waals surface area contributed by atoms with Crippen LogP contribution < -0.4 is 11.3 Å². The van der Waals surface area contributed by atoms with Gasteiger partial charge in [0.1, 0.15) is 11.7 Å². The van der Waals surface area contributed by atoms with Crippen LogP contribution >= 0.6 is 23.2 Å². The van der Waals surface area contributed by atoms with E-state index in [1.165, 1.54) is 10.9 Å². The number of nitrogens with zero attached hydrogens (tertiary/aromatic N) is 2. The molecule has 0 aliphatic rings. The molecule has 1 aromatic rings. The number of aromatic nitrogens is 2. The van der Waals surface area contributed by atoms with E-state index in [9.17, 15) is 4.79 Å². The van der Waals surface area contributed by atoms with Crippen molar-refractivity contribution in [3.8, 4) is 0 Å². The van der Waals surface area contributed by atoms with Gasteiger partial charge in [0.25, 0.3) is 5.91 Å². The van der Waals surface area contributed by atoms with Crippen molar-refractivity contribution >= 4 is 29.1 Å². The summed E-state index contributed by atoms with van der Waals surface area (Å²) < 4.78 is 1.38. The van der Waals surface area contributed by atoms with E-state index in [4.69, 9.17) is 29.0 Å². The molecule has 1 aromatic heterocycles. The number of nitrogens with one attached hydrogen (secondary N) is 1. The number of carbonyl (C=O) groups excluding carboxylic acids is 1. The molecule has 7 heteroatoms. The first-order chi connectivity index (χ1) is 5.65. The third kappa shape index (κ3) is 1.88. The lowest BCUT2D eigenvalue weighted by Crippen LogP contribution is -2.33. The Bertz CT molecular complexity index is 298. The molecule has 1 amide bonds. The molecule has 0 unspecified atom stereocenters. The third-order valence-corrected chi connectivity index (χ3v) is 1.98. The summed E-state index contributed by atoms with van der Waals surface area (Å²) in [5, 5.41) is 0.391. The molecule has 0 bridgehead atoms. The summed E-state index contributed by atoms with van der Waals surface area (Å²) in [7, 11) is 0. The molecular formula is C5H6Cl2N4O. The van der Waals surface area contributed by atoms with Crippen molar-refractivity contribution in [3.63, 3.8) is 0 Å². The van der Waals surface area contributed by atoms with Gasteiger partial charge in [-0.15, -0.1) is 0 Å². The van der Waals surface area contributed by atoms with E-state index in [0.29, 0.717) is 0 Å². The average molecular weight is 209 g/mol. The van der Waals surface area contributed by atoms with Crippen LogP contribution in [0.3, 0.4) is 0 Å². The molecule has 1 heterocycles. The Morgan fingerprint density at radius 3 is 2.83 bits per heavy atom. The molecule has 0 aromatic carbocycles. The molecule has 66 valence electrons. The van der Waals surface area contributed by atoms with Crippen molar-refractivity contribution in [2.45, 2.75) is 6.54 Å². The van der Waals surface area contributed by atoms with Crippen LogP contribution in [-0.2, 0) is 11.3 Å². The number of amides is 1. The van der Waals surface area contributed by atoms with Crippen LogP contribution in [0.1, 0.15) is 0 Å². The molecule has 0 saturated heterocycles. The van der Waals surface area contributed by atoms with Crippen molar-refractivity contribution in [3.05, 3.63) is 16.6 Å². The van der Waals surface area contributed by atoms with Gasteiger partial charge in [0, 0.05) is 0 Å². The largest absolute Gasteiger partial charge is 0.311 e. The van der Waals surface area contributed by atoms with Crippen molar-refractivity contribution in [1.82, 2.24) is 15.0 Å². The van der Waals surface area contributed by atoms with E-state index in [1.54, 1.807) is 0 Å². The highest BCUT2D eigenvalue weighted by atomic mass is 35.5. The Balaban J connectivity index is 2.76. The molecule has 0 aliphatic carbocycles. The maximum absolute atomic E-state index is 10.8. The Morgan fingerprint density at radius 1 is 1.75 bits per heavy atom. The first-order valence-electron chi connectivity index (χ1n) is 3.00. The second-order valence-corrected chi connectivity index (χ2v) is 2.74. The van der Waals surface area contributed by atoms with E-state index in [2.05, 4.69) is 4.98 Å². The Hall–Kier alpha value is -0.780. The molecule has 0 atom stereocenters. The summed E-state index contributed by atoms with van der Waals surface area (Å²) in [6.07, 6.45) is 1.36. The zero-order valence-corrected chi connectivity index (χ0v) is 7.43. The second kappa shape index (κ2) is 3.75. The minimum atomic E-state index is -0.369. The lowest BCUT2D eigenvalue weighted by atomic mass is 10.6. The van der Waals surface area contributed by atoms with Crippen LogP contribution in [0.2, 0.25) is 10.3 Å². The van der Waals surface area contributed by atoms with Crippen molar-refractivity contribution in [2.24, 2.45) is 5.84 Å². The lowest BCUT2D eigenvalue weighted by molar-refractivity contribution is -0.121. The van der Waals surface area contributed by atoms with Crippen molar-refractivity contribution in [2.75, 3.05) is 0 Å². The summed E-state index contributed by atoms with van der Waals surface area (Å²) in [5.41, 5.74) is 1.96. The number of rotatable bonds is 2. The molecule has 1 rings (SSSR count). The SMILES string of the molecule is NNC(=O)Cn1cnc(Cl)c1Cl. The molecule has 0 spiro atoms. The number of hydrazine groups is 1. The fourth-order valence-corrected chi connectivity index (χ4v) is 0.958. The Kier molecular flexibility index (Phi) is 2.91. The average Bonchev–Trinajstić information content (AvgIpc) is 2.36. The van der Waals surface area contributed by atoms with Crippen LogP contribution in [0.25, 0.3) is 0 Å². The zero-order chi connectivity index (χ0) is 9.14. The normalized spacial score (nSPS) is 9.92. The maximum atomic E-state index is 10.8. The number of nitrogens with two attached hydrogens (primary N) is 1. The molecule has 12 heavy (non-hydrogen) atoms. The van der Waals surface area contributed by atoms with Gasteiger partial charge in [0.15, 0.2) is 5.15 Å². The Labute approximate surface area is 78.4 Å². The molecule has 0 fully saturated rings. The van der Waals surface area contributed by atoms with Gasteiger partial charge in [-0.25, -0.2) is 10.8 Å². The zero-order valence-electron chi connectivity index (χ0n) is 5.92. The minimum Gasteiger partial charge on any atom is -0.311 e. The number of carbonyl (C=O) groups is 1. The summed E-state index contributed by atoms with van der Waals surface area (Å²) in [4.78, 5) is 14.4. The number of halogens is 2. The number of imidazole rings is 1. The van der Waals surface area contributed by atoms with Crippen LogP contribution in [-0.4, -0.2) is 15.5 Å². The molecule has 0 aliphatic heterocycles. The smallest absolute Gasteiger partial charge is 0.253 e. The van der Waals surface area contributed by atoms with Gasteiger partial charge >= 0.3 is 0 Å². The highest BCUT2D eigenvalue weighted by Gasteiger charge is 2.08. The molecule has 0 saturated carbocycles. The van der Waals surface area contributed by atoms with Crippen LogP contribution in [0, 0.1) is 0 Å². The summed E-state index contributed by atoms with van der Waals surface area (Å²) in [5.74, 6) is 4.50. The minimum absolute atomic E-state index is 0.00898. The van der Waals surface area contributed by atoms with Gasteiger partial charge < -0.3 is 4.57 Å². The summed E-state index contributed by atoms with van der Waals surface area (Å²) in [6, 6.07) is 0. The topological polar surface area (TPSA) is 72.9 Å². The third-order valence-electron chi connectivity index (χ3n) is 1.21. The van der Waals surface area contributed by atoms with E-state index in [-0.39, 0.29) is 22.8 Å². The van der Waals surface area contributed by atoms with Crippen LogP contribution in [0.15, 0.2) is 6.33 Å². The summed E-state index contributed by atoms with van der Waals surface area (Å²) in [6.45, 7) is 0.00898. The van der Waals surface area contributed by atoms with Crippen molar-refractivity contribution < 1.29 is 4.79 Å². The monoisotopic (exact) mass is 208 g/mol. The fraction of sp³-hybridized carbons (Fsp3) is 0.200. The van der Waals surface area contributed by atoms with Gasteiger partial charge in [0.2, 0.25) is 0 Å². The predicted molar refractivity (Wildman–Crippen MR) is 44.6 cm³/mol. The predicted octanol–water partition coefficient (Wildman–Crippen LogP) is 0.180. The van der Waals surface area contributed by atoms with Gasteiger partial charge in [-0.1, -0.05) is 23.2 Å². The lowest BCUT2D eigenvalue weighted by Gasteiger charge is -2.00. The van der Waals surface area contributed by atoms with E-state index < -0.39 is 0 Å². The van der Waals surface area contributed by atoms with Crippen LogP contribution in [0.5, 0.6) is 0 Å². The molecule has 3 N–H and O–H groups in total. The highest BCUT2D eigenvalue weighted by molar-refractivity contribution is 6.40. The number of hydrogen-bond donors (Lipinski definition) is 2. The summed E-state index contributed by atoms with van der Waals surface area (Å²) >= 11 is 11.2. The Morgan fingerprint density at radius 2 is 2.42 bits per heavy atom. The molecule has 5 nitrogen and oxygen atoms in total. The quantitative estimate of drug-likeness (QED) is 0.414. The molecular weight excluding hydrogens is 203 g/mol. The van der Waals surface area contributed by atoms with E-state index in [1.807, 2.05) is 5.43 Å². The van der Waals surface area contributed by atoms with Crippen LogP contribution in [0.4, 0.5) is 0 Å². The maximum Gasteiger partial charge on any atom is 0.253 e. The first-order valence-corrected chi connectivity index (χ1v) is 3.76. The highest BCUT2D eigenvalue weighted by Crippen LogP contribution is 2.18. The van der Waals surface area contributed by atoms with Gasteiger partial charge in [0.05, 0.1) is 6.33 Å². The van der Waals surface area contributed by atoms with Gasteiger partial charge in [-0.3, -0.25) is 10.2 Å². The van der Waals surface area contributed by atoms with Gasteiger partial charge in [-0.2, -0.15) is 0 Å². The van der Waals surface area contributed by atoms with E-state index >= 15 is 0 Å². The standard InChI is InChI=1S/C5H6Cl2N4O/c6-4-5(7)11(2-9-4)1-3(12)10-8/h2H,1,8H2,(H,10,12). The van der Waals surface area contributed by atoms with E-state index in [0.717, 1.165) is 0 Å².